The summed E-state index contributed by atoms with van der Waals surface area (Å²) in [7, 11) is 0. The van der Waals surface area contributed by atoms with Crippen molar-refractivity contribution >= 4 is 40.2 Å². The lowest BCUT2D eigenvalue weighted by molar-refractivity contribution is 0.161. The van der Waals surface area contributed by atoms with Crippen LogP contribution in [-0.2, 0) is 5.60 Å². The Morgan fingerprint density at radius 1 is 0.411 bits per heavy atom. The van der Waals surface area contributed by atoms with Crippen LogP contribution in [0.1, 0.15) is 22.3 Å². The average molecular weight is 720 g/mol. The number of para-hydroxylation sites is 4. The Morgan fingerprint density at radius 3 is 1.21 bits per heavy atom. The maximum atomic E-state index is 9.38. The first-order valence-electron chi connectivity index (χ1n) is 18.7. The van der Waals surface area contributed by atoms with E-state index in [4.69, 9.17) is 4.74 Å². The quantitative estimate of drug-likeness (QED) is 0.149. The number of benzene rings is 8. The van der Waals surface area contributed by atoms with Crippen LogP contribution >= 0.6 is 0 Å². The molecule has 1 aliphatic rings. The molecule has 266 valence electrons. The van der Waals surface area contributed by atoms with E-state index in [2.05, 4.69) is 192 Å². The summed E-state index contributed by atoms with van der Waals surface area (Å²) >= 11 is 0. The molecule has 0 N–H and O–H groups in total. The van der Waals surface area contributed by atoms with E-state index < -0.39 is 5.60 Å². The molecular weight excluding hydrogens is 683 g/mol. The number of anilines is 6. The third-order valence-corrected chi connectivity index (χ3v) is 10.3. The minimum atomic E-state index is -0.929. The monoisotopic (exact) mass is 719 g/mol. The predicted octanol–water partition coefficient (Wildman–Crippen LogP) is 13.5. The summed E-state index contributed by atoms with van der Waals surface area (Å²) < 4.78 is 7.27. The van der Waals surface area contributed by atoms with Crippen molar-refractivity contribution in [2.45, 2.75) is 5.60 Å². The maximum Gasteiger partial charge on any atom is 0.178 e. The lowest BCUT2D eigenvalue weighted by Crippen LogP contribution is -2.34. The van der Waals surface area contributed by atoms with Crippen LogP contribution in [-0.4, -0.2) is 0 Å². The van der Waals surface area contributed by atoms with Crippen LogP contribution in [0.25, 0.3) is 17.2 Å². The predicted molar refractivity (Wildman–Crippen MR) is 229 cm³/mol. The van der Waals surface area contributed by atoms with E-state index >= 15 is 0 Å². The highest BCUT2D eigenvalue weighted by Crippen LogP contribution is 2.45. The number of nitriles is 1. The topological polar surface area (TPSA) is 39.5 Å². The van der Waals surface area contributed by atoms with Crippen molar-refractivity contribution in [3.05, 3.63) is 241 Å². The van der Waals surface area contributed by atoms with E-state index in [1.807, 2.05) is 48.5 Å². The Labute approximate surface area is 328 Å². The summed E-state index contributed by atoms with van der Waals surface area (Å²) in [6, 6.07) is 75.4. The SMILES string of the molecule is N#Cc1ccc(-c2ccc3c(c2)OC(c2ccc(N(c4ccccc4)c4ccccc4)cc2)(c2ccc(N(c4ccccc4)c4ccccc4)cc2)C=C3)cc1. The second-order valence-corrected chi connectivity index (χ2v) is 13.7. The van der Waals surface area contributed by atoms with E-state index in [1.165, 1.54) is 0 Å². The van der Waals surface area contributed by atoms with Gasteiger partial charge in [-0.05, 0) is 108 Å². The van der Waals surface area contributed by atoms with Crippen LogP contribution in [0.4, 0.5) is 34.1 Å². The fourth-order valence-electron chi connectivity index (χ4n) is 7.49. The average Bonchev–Trinajstić information content (AvgIpc) is 3.28. The third kappa shape index (κ3) is 6.59. The zero-order chi connectivity index (χ0) is 37.7. The molecule has 0 unspecified atom stereocenters. The summed E-state index contributed by atoms with van der Waals surface area (Å²) in [5.74, 6) is 0.785. The van der Waals surface area contributed by atoms with Gasteiger partial charge in [0, 0.05) is 50.8 Å². The van der Waals surface area contributed by atoms with E-state index in [1.54, 1.807) is 0 Å². The van der Waals surface area contributed by atoms with Crippen molar-refractivity contribution in [3.63, 3.8) is 0 Å². The van der Waals surface area contributed by atoms with E-state index in [0.29, 0.717) is 5.56 Å². The van der Waals surface area contributed by atoms with Gasteiger partial charge in [0.2, 0.25) is 0 Å². The first kappa shape index (κ1) is 34.2. The largest absolute Gasteiger partial charge is 0.473 e. The summed E-state index contributed by atoms with van der Waals surface area (Å²) in [4.78, 5) is 4.54. The first-order chi connectivity index (χ1) is 27.7. The molecule has 0 aromatic heterocycles. The number of hydrogen-bond donors (Lipinski definition) is 0. The van der Waals surface area contributed by atoms with Gasteiger partial charge in [-0.3, -0.25) is 0 Å². The number of fused-ring (bicyclic) bond motifs is 1. The molecule has 0 spiro atoms. The molecule has 8 aromatic carbocycles. The molecular formula is C52H37N3O. The van der Waals surface area contributed by atoms with Crippen LogP contribution in [0.2, 0.25) is 0 Å². The first-order valence-corrected chi connectivity index (χ1v) is 18.7. The minimum absolute atomic E-state index is 0.632. The van der Waals surface area contributed by atoms with Gasteiger partial charge in [0.15, 0.2) is 5.60 Å². The standard InChI is InChI=1S/C52H37N3O/c53-38-39-21-23-40(24-22-39)42-26-25-41-35-36-52(56-51(41)37-42,43-27-31-49(32-28-43)54(45-13-5-1-6-14-45)46-15-7-2-8-16-46)44-29-33-50(34-30-44)55(47-17-9-3-10-18-47)48-19-11-4-12-20-48/h1-37H. The van der Waals surface area contributed by atoms with Crippen molar-refractivity contribution in [1.82, 2.24) is 0 Å². The van der Waals surface area contributed by atoms with Gasteiger partial charge in [-0.2, -0.15) is 5.26 Å². The Balaban J connectivity index is 1.15. The van der Waals surface area contributed by atoms with Crippen LogP contribution in [0.5, 0.6) is 5.75 Å². The minimum Gasteiger partial charge on any atom is -0.473 e. The maximum absolute atomic E-state index is 9.38. The van der Waals surface area contributed by atoms with Crippen molar-refractivity contribution in [2.75, 3.05) is 9.80 Å². The van der Waals surface area contributed by atoms with Gasteiger partial charge in [0.1, 0.15) is 5.75 Å². The molecule has 0 radical (unpaired) electrons. The zero-order valence-corrected chi connectivity index (χ0v) is 30.6. The van der Waals surface area contributed by atoms with E-state index in [-0.39, 0.29) is 0 Å². The molecule has 0 bridgehead atoms. The van der Waals surface area contributed by atoms with Gasteiger partial charge in [-0.15, -0.1) is 0 Å². The Hall–Kier alpha value is -7.61. The summed E-state index contributed by atoms with van der Waals surface area (Å²) in [5, 5.41) is 9.38. The van der Waals surface area contributed by atoms with Crippen LogP contribution in [0.3, 0.4) is 0 Å². The van der Waals surface area contributed by atoms with Crippen LogP contribution in [0.15, 0.2) is 218 Å². The fraction of sp³-hybridized carbons (Fsp3) is 0.0192. The number of nitrogens with zero attached hydrogens (tertiary/aromatic N) is 3. The van der Waals surface area contributed by atoms with Crippen LogP contribution in [0, 0.1) is 11.3 Å². The molecule has 4 nitrogen and oxygen atoms in total. The Kier molecular flexibility index (Phi) is 9.17. The molecule has 0 aliphatic carbocycles. The summed E-state index contributed by atoms with van der Waals surface area (Å²) in [5.41, 5.74) is 11.2. The van der Waals surface area contributed by atoms with E-state index in [0.717, 1.165) is 67.7 Å². The lowest BCUT2D eigenvalue weighted by Gasteiger charge is -2.37. The lowest BCUT2D eigenvalue weighted by atomic mass is 9.83. The molecule has 9 rings (SSSR count). The van der Waals surface area contributed by atoms with Gasteiger partial charge in [0.05, 0.1) is 11.6 Å². The molecule has 0 atom stereocenters. The second kappa shape index (κ2) is 15.0. The van der Waals surface area contributed by atoms with Gasteiger partial charge < -0.3 is 14.5 Å². The van der Waals surface area contributed by atoms with Crippen molar-refractivity contribution in [1.29, 1.82) is 5.26 Å². The molecule has 0 amide bonds. The van der Waals surface area contributed by atoms with Gasteiger partial charge in [-0.1, -0.05) is 127 Å². The highest BCUT2D eigenvalue weighted by atomic mass is 16.5. The van der Waals surface area contributed by atoms with E-state index in [9.17, 15) is 5.26 Å². The van der Waals surface area contributed by atoms with Gasteiger partial charge in [0.25, 0.3) is 0 Å². The molecule has 0 saturated carbocycles. The van der Waals surface area contributed by atoms with Crippen molar-refractivity contribution in [2.24, 2.45) is 0 Å². The van der Waals surface area contributed by atoms with Crippen LogP contribution < -0.4 is 14.5 Å². The number of hydrogen-bond acceptors (Lipinski definition) is 4. The Morgan fingerprint density at radius 2 is 0.804 bits per heavy atom. The fourth-order valence-corrected chi connectivity index (χ4v) is 7.49. The van der Waals surface area contributed by atoms with Crippen molar-refractivity contribution < 1.29 is 4.74 Å². The molecule has 0 saturated heterocycles. The van der Waals surface area contributed by atoms with Crippen molar-refractivity contribution in [3.8, 4) is 22.9 Å². The third-order valence-electron chi connectivity index (χ3n) is 10.3. The number of ether oxygens (including phenoxy) is 1. The number of rotatable bonds is 9. The molecule has 0 fully saturated rings. The molecule has 1 aliphatic heterocycles. The smallest absolute Gasteiger partial charge is 0.178 e. The summed E-state index contributed by atoms with van der Waals surface area (Å²) in [6.07, 6.45) is 4.35. The highest BCUT2D eigenvalue weighted by Gasteiger charge is 2.37. The Bertz CT molecular complexity index is 2430. The molecule has 4 heteroatoms. The normalized spacial score (nSPS) is 12.5. The highest BCUT2D eigenvalue weighted by molar-refractivity contribution is 5.79. The second-order valence-electron chi connectivity index (χ2n) is 13.7. The molecule has 1 heterocycles. The van der Waals surface area contributed by atoms with Gasteiger partial charge >= 0.3 is 0 Å². The summed E-state index contributed by atoms with van der Waals surface area (Å²) in [6.45, 7) is 0. The molecule has 56 heavy (non-hydrogen) atoms. The van der Waals surface area contributed by atoms with Gasteiger partial charge in [-0.25, -0.2) is 0 Å². The zero-order valence-electron chi connectivity index (χ0n) is 30.6. The molecule has 8 aromatic rings.